The lowest BCUT2D eigenvalue weighted by molar-refractivity contribution is 0.577. The van der Waals surface area contributed by atoms with Crippen molar-refractivity contribution in [1.29, 1.82) is 0 Å². The number of anilines is 1. The number of aromatic amines is 1. The number of sulfonamides is 1. The molecule has 2 aromatic heterocycles. The molecule has 0 atom stereocenters. The highest BCUT2D eigenvalue weighted by molar-refractivity contribution is 9.10. The molecule has 10 heteroatoms. The molecule has 0 unspecified atom stereocenters. The molecule has 0 spiro atoms. The fourth-order valence-electron chi connectivity index (χ4n) is 3.12. The summed E-state index contributed by atoms with van der Waals surface area (Å²) in [7, 11) is -3.86. The average molecular weight is 496 g/mol. The number of H-pyrrole nitrogens is 1. The highest BCUT2D eigenvalue weighted by Crippen LogP contribution is 2.31. The highest BCUT2D eigenvalue weighted by Gasteiger charge is 2.20. The number of fused-ring (bicyclic) bond motifs is 1. The maximum absolute atomic E-state index is 12.6. The Morgan fingerprint density at radius 1 is 0.871 bits per heavy atom. The van der Waals surface area contributed by atoms with Crippen LogP contribution in [0.4, 0.5) is 6.01 Å². The maximum Gasteiger partial charge on any atom is 0.330 e. The van der Waals surface area contributed by atoms with E-state index in [0.29, 0.717) is 11.4 Å². The summed E-state index contributed by atoms with van der Waals surface area (Å²) in [5, 5.41) is 7.88. The number of nitrogens with one attached hydrogen (secondary N) is 2. The van der Waals surface area contributed by atoms with Crippen LogP contribution >= 0.6 is 15.9 Å². The smallest absolute Gasteiger partial charge is 0.330 e. The summed E-state index contributed by atoms with van der Waals surface area (Å²) in [5.41, 5.74) is 3.12. The number of halogens is 1. The minimum Gasteiger partial charge on any atom is -0.403 e. The Morgan fingerprint density at radius 2 is 1.58 bits per heavy atom. The third kappa shape index (κ3) is 3.82. The van der Waals surface area contributed by atoms with Crippen molar-refractivity contribution in [3.63, 3.8) is 0 Å². The molecule has 0 aliphatic carbocycles. The first-order chi connectivity index (χ1) is 15.0. The predicted octanol–water partition coefficient (Wildman–Crippen LogP) is 4.84. The van der Waals surface area contributed by atoms with Crippen molar-refractivity contribution in [1.82, 2.24) is 20.2 Å². The lowest BCUT2D eigenvalue weighted by Crippen LogP contribution is -2.13. The van der Waals surface area contributed by atoms with Crippen LogP contribution in [0.1, 0.15) is 0 Å². The fourth-order valence-corrected chi connectivity index (χ4v) is 4.31. The summed E-state index contributed by atoms with van der Waals surface area (Å²) in [5.74, 6) is 0.816. The van der Waals surface area contributed by atoms with Crippen LogP contribution in [0.2, 0.25) is 0 Å². The van der Waals surface area contributed by atoms with E-state index >= 15 is 0 Å². The van der Waals surface area contributed by atoms with Crippen LogP contribution < -0.4 is 4.72 Å². The molecule has 0 bridgehead atoms. The molecule has 31 heavy (non-hydrogen) atoms. The van der Waals surface area contributed by atoms with Gasteiger partial charge in [-0.2, -0.15) is 0 Å². The first-order valence-corrected chi connectivity index (χ1v) is 11.4. The van der Waals surface area contributed by atoms with Crippen molar-refractivity contribution in [2.24, 2.45) is 0 Å². The summed E-state index contributed by atoms with van der Waals surface area (Å²) in [6, 6.07) is 21.1. The second-order valence-electron chi connectivity index (χ2n) is 6.62. The third-order valence-corrected chi connectivity index (χ3v) is 6.44. The molecule has 3 aromatic carbocycles. The van der Waals surface area contributed by atoms with E-state index in [4.69, 9.17) is 4.42 Å². The Bertz CT molecular complexity index is 1460. The number of para-hydroxylation sites is 2. The van der Waals surface area contributed by atoms with Gasteiger partial charge >= 0.3 is 6.01 Å². The van der Waals surface area contributed by atoms with E-state index in [-0.39, 0.29) is 16.8 Å². The van der Waals surface area contributed by atoms with Gasteiger partial charge in [-0.15, -0.1) is 5.10 Å². The van der Waals surface area contributed by atoms with Crippen molar-refractivity contribution < 1.29 is 12.8 Å². The maximum atomic E-state index is 12.6. The zero-order valence-corrected chi connectivity index (χ0v) is 18.2. The predicted molar refractivity (Wildman–Crippen MR) is 120 cm³/mol. The van der Waals surface area contributed by atoms with E-state index in [2.05, 4.69) is 40.8 Å². The van der Waals surface area contributed by atoms with E-state index in [0.717, 1.165) is 21.1 Å². The van der Waals surface area contributed by atoms with Gasteiger partial charge in [0.25, 0.3) is 15.9 Å². The molecule has 2 heterocycles. The summed E-state index contributed by atoms with van der Waals surface area (Å²) < 4.78 is 33.9. The van der Waals surface area contributed by atoms with Crippen molar-refractivity contribution in [2.45, 2.75) is 4.90 Å². The van der Waals surface area contributed by atoms with Crippen LogP contribution in [0.25, 0.3) is 33.9 Å². The van der Waals surface area contributed by atoms with Crippen LogP contribution in [-0.4, -0.2) is 28.6 Å². The van der Waals surface area contributed by atoms with Gasteiger partial charge in [0.15, 0.2) is 0 Å². The van der Waals surface area contributed by atoms with Crippen LogP contribution in [0, 0.1) is 0 Å². The molecule has 5 aromatic rings. The second-order valence-corrected chi connectivity index (χ2v) is 9.22. The zero-order valence-electron chi connectivity index (χ0n) is 15.8. The van der Waals surface area contributed by atoms with E-state index in [1.54, 1.807) is 12.1 Å². The van der Waals surface area contributed by atoms with Crippen LogP contribution in [-0.2, 0) is 10.0 Å². The Kier molecular flexibility index (Phi) is 4.79. The zero-order chi connectivity index (χ0) is 21.4. The molecular weight excluding hydrogens is 482 g/mol. The summed E-state index contributed by atoms with van der Waals surface area (Å²) in [4.78, 5) is 7.98. The molecule has 154 valence electrons. The van der Waals surface area contributed by atoms with Crippen molar-refractivity contribution >= 4 is 43.0 Å². The van der Waals surface area contributed by atoms with Gasteiger partial charge in [-0.25, -0.2) is 18.1 Å². The molecule has 8 nitrogen and oxygen atoms in total. The fraction of sp³-hybridized carbons (Fsp3) is 0. The largest absolute Gasteiger partial charge is 0.403 e. The van der Waals surface area contributed by atoms with Crippen LogP contribution in [0.15, 0.2) is 86.6 Å². The Labute approximate surface area is 185 Å². The third-order valence-electron chi connectivity index (χ3n) is 4.57. The molecule has 5 rings (SSSR count). The SMILES string of the molecule is O=S(=O)(Nc1nnc(-c2ccccc2-c2nc3ccccc3[nH]2)o1)c1ccc(Br)cc1. The molecular formula is C21H14BrN5O3S. The Hall–Kier alpha value is -3.50. The summed E-state index contributed by atoms with van der Waals surface area (Å²) in [6.45, 7) is 0. The second kappa shape index (κ2) is 7.64. The summed E-state index contributed by atoms with van der Waals surface area (Å²) in [6.07, 6.45) is 0. The van der Waals surface area contributed by atoms with Gasteiger partial charge < -0.3 is 9.40 Å². The quantitative estimate of drug-likeness (QED) is 0.360. The van der Waals surface area contributed by atoms with Gasteiger partial charge in [-0.3, -0.25) is 0 Å². The topological polar surface area (TPSA) is 114 Å². The molecule has 0 aliphatic rings. The molecule has 0 saturated heterocycles. The average Bonchev–Trinajstić information content (AvgIpc) is 3.40. The highest BCUT2D eigenvalue weighted by atomic mass is 79.9. The standard InChI is InChI=1S/C21H14BrN5O3S/c22-13-9-11-14(12-10-13)31(28,29)27-21-26-25-20(30-21)16-6-2-1-5-15(16)19-23-17-7-3-4-8-18(17)24-19/h1-12H,(H,23,24)(H,26,27). The van der Waals surface area contributed by atoms with Gasteiger partial charge in [0.2, 0.25) is 0 Å². The molecule has 0 saturated carbocycles. The van der Waals surface area contributed by atoms with Gasteiger partial charge in [0.05, 0.1) is 15.9 Å². The Morgan fingerprint density at radius 3 is 2.35 bits per heavy atom. The number of rotatable bonds is 5. The molecule has 0 fully saturated rings. The van der Waals surface area contributed by atoms with E-state index in [9.17, 15) is 8.42 Å². The van der Waals surface area contributed by atoms with Gasteiger partial charge in [0.1, 0.15) is 5.82 Å². The van der Waals surface area contributed by atoms with Crippen molar-refractivity contribution in [3.8, 4) is 22.8 Å². The van der Waals surface area contributed by atoms with E-state index in [1.165, 1.54) is 12.1 Å². The number of nitrogens with zero attached hydrogens (tertiary/aromatic N) is 3. The molecule has 2 N–H and O–H groups in total. The Balaban J connectivity index is 1.48. The van der Waals surface area contributed by atoms with Crippen LogP contribution in [0.3, 0.4) is 0 Å². The van der Waals surface area contributed by atoms with Gasteiger partial charge in [-0.1, -0.05) is 51.4 Å². The number of hydrogen-bond donors (Lipinski definition) is 2. The minimum absolute atomic E-state index is 0.0816. The van der Waals surface area contributed by atoms with Gasteiger partial charge in [-0.05, 0) is 42.5 Å². The number of benzene rings is 3. The van der Waals surface area contributed by atoms with E-state index in [1.807, 2.05) is 48.5 Å². The van der Waals surface area contributed by atoms with E-state index < -0.39 is 10.0 Å². The monoisotopic (exact) mass is 495 g/mol. The minimum atomic E-state index is -3.86. The number of imidazole rings is 1. The molecule has 0 radical (unpaired) electrons. The number of hydrogen-bond acceptors (Lipinski definition) is 6. The lowest BCUT2D eigenvalue weighted by Gasteiger charge is -2.04. The molecule has 0 aliphatic heterocycles. The molecule has 0 amide bonds. The summed E-state index contributed by atoms with van der Waals surface area (Å²) >= 11 is 3.28. The van der Waals surface area contributed by atoms with Crippen molar-refractivity contribution in [3.05, 3.63) is 77.3 Å². The van der Waals surface area contributed by atoms with Crippen molar-refractivity contribution in [2.75, 3.05) is 4.72 Å². The first-order valence-electron chi connectivity index (χ1n) is 9.16. The first kappa shape index (κ1) is 19.5. The normalized spacial score (nSPS) is 11.6. The lowest BCUT2D eigenvalue weighted by atomic mass is 10.1. The van der Waals surface area contributed by atoms with Crippen LogP contribution in [0.5, 0.6) is 0 Å². The van der Waals surface area contributed by atoms with Gasteiger partial charge in [0, 0.05) is 15.6 Å². The number of aromatic nitrogens is 4.